The van der Waals surface area contributed by atoms with Crippen molar-refractivity contribution >= 4 is 11.6 Å². The first kappa shape index (κ1) is 14.9. The van der Waals surface area contributed by atoms with Gasteiger partial charge in [0.2, 0.25) is 5.91 Å². The van der Waals surface area contributed by atoms with E-state index in [-0.39, 0.29) is 5.91 Å². The van der Waals surface area contributed by atoms with Gasteiger partial charge in [-0.3, -0.25) is 4.79 Å². The summed E-state index contributed by atoms with van der Waals surface area (Å²) in [6, 6.07) is 6.62. The molecule has 0 unspecified atom stereocenters. The quantitative estimate of drug-likeness (QED) is 0.824. The van der Waals surface area contributed by atoms with Crippen LogP contribution in [0.3, 0.4) is 0 Å². The molecule has 1 amide bonds. The van der Waals surface area contributed by atoms with Gasteiger partial charge < -0.3 is 10.6 Å². The van der Waals surface area contributed by atoms with Crippen LogP contribution in [0.2, 0.25) is 0 Å². The first-order valence-corrected chi connectivity index (χ1v) is 7.75. The van der Waals surface area contributed by atoms with Crippen molar-refractivity contribution in [1.29, 1.82) is 0 Å². The van der Waals surface area contributed by atoms with Crippen molar-refractivity contribution in [1.82, 2.24) is 5.32 Å². The molecule has 20 heavy (non-hydrogen) atoms. The molecule has 1 fully saturated rings. The predicted molar refractivity (Wildman–Crippen MR) is 84.0 cm³/mol. The lowest BCUT2D eigenvalue weighted by atomic mass is 10.1. The van der Waals surface area contributed by atoms with Crippen molar-refractivity contribution in [3.05, 3.63) is 29.3 Å². The molecule has 3 nitrogen and oxygen atoms in total. The maximum absolute atomic E-state index is 12.0. The van der Waals surface area contributed by atoms with Crippen LogP contribution in [0.15, 0.2) is 18.2 Å². The monoisotopic (exact) mass is 274 g/mol. The second-order valence-corrected chi connectivity index (χ2v) is 5.93. The van der Waals surface area contributed by atoms with Crippen LogP contribution in [0, 0.1) is 13.8 Å². The van der Waals surface area contributed by atoms with Crippen LogP contribution >= 0.6 is 0 Å². The molecule has 0 aliphatic heterocycles. The summed E-state index contributed by atoms with van der Waals surface area (Å²) in [5.41, 5.74) is 3.48. The molecular weight excluding hydrogens is 248 g/mol. The highest BCUT2D eigenvalue weighted by molar-refractivity contribution is 5.81. The minimum Gasteiger partial charge on any atom is -0.376 e. The van der Waals surface area contributed by atoms with Crippen molar-refractivity contribution in [3.63, 3.8) is 0 Å². The molecule has 1 aromatic carbocycles. The molecule has 3 heteroatoms. The van der Waals surface area contributed by atoms with Crippen molar-refractivity contribution in [2.24, 2.45) is 0 Å². The van der Waals surface area contributed by atoms with Gasteiger partial charge in [0, 0.05) is 11.7 Å². The third kappa shape index (κ3) is 4.55. The highest BCUT2D eigenvalue weighted by atomic mass is 16.1. The third-order valence-corrected chi connectivity index (χ3v) is 4.04. The number of aryl methyl sites for hydroxylation is 2. The molecule has 110 valence electrons. The van der Waals surface area contributed by atoms with E-state index < -0.39 is 0 Å². The van der Waals surface area contributed by atoms with Crippen molar-refractivity contribution in [2.45, 2.75) is 58.4 Å². The van der Waals surface area contributed by atoms with E-state index in [4.69, 9.17) is 0 Å². The Labute approximate surface area is 122 Å². The molecule has 0 spiro atoms. The minimum absolute atomic E-state index is 0.108. The molecule has 0 aromatic heterocycles. The van der Waals surface area contributed by atoms with E-state index >= 15 is 0 Å². The number of anilines is 1. The van der Waals surface area contributed by atoms with Gasteiger partial charge in [-0.15, -0.1) is 0 Å². The Morgan fingerprint density at radius 2 is 1.85 bits per heavy atom. The Balaban J connectivity index is 1.79. The lowest BCUT2D eigenvalue weighted by Gasteiger charge is -2.17. The van der Waals surface area contributed by atoms with E-state index in [1.54, 1.807) is 0 Å². The zero-order valence-electron chi connectivity index (χ0n) is 12.7. The van der Waals surface area contributed by atoms with E-state index in [0.29, 0.717) is 12.6 Å². The number of carbonyl (C=O) groups is 1. The number of hydrogen-bond acceptors (Lipinski definition) is 2. The summed E-state index contributed by atoms with van der Waals surface area (Å²) < 4.78 is 0. The highest BCUT2D eigenvalue weighted by Crippen LogP contribution is 2.18. The van der Waals surface area contributed by atoms with Crippen LogP contribution in [-0.2, 0) is 4.79 Å². The van der Waals surface area contributed by atoms with Crippen molar-refractivity contribution in [2.75, 3.05) is 11.9 Å². The van der Waals surface area contributed by atoms with Gasteiger partial charge in [-0.05, 0) is 38.3 Å². The zero-order chi connectivity index (χ0) is 14.4. The van der Waals surface area contributed by atoms with Gasteiger partial charge in [-0.2, -0.15) is 0 Å². The van der Waals surface area contributed by atoms with Gasteiger partial charge in [0.15, 0.2) is 0 Å². The maximum atomic E-state index is 12.0. The second kappa shape index (κ2) is 7.32. The number of nitrogens with one attached hydrogen (secondary N) is 2. The molecule has 1 aromatic rings. The SMILES string of the molecule is Cc1ccc(NCC(=O)NC2CCCCCC2)c(C)c1. The fraction of sp³-hybridized carbons (Fsp3) is 0.588. The second-order valence-electron chi connectivity index (χ2n) is 5.93. The first-order valence-electron chi connectivity index (χ1n) is 7.75. The molecule has 1 aliphatic carbocycles. The van der Waals surface area contributed by atoms with Crippen LogP contribution in [-0.4, -0.2) is 18.5 Å². The average molecular weight is 274 g/mol. The Bertz CT molecular complexity index is 448. The predicted octanol–water partition coefficient (Wildman–Crippen LogP) is 3.55. The van der Waals surface area contributed by atoms with E-state index in [9.17, 15) is 4.79 Å². The lowest BCUT2D eigenvalue weighted by molar-refractivity contribution is -0.120. The maximum Gasteiger partial charge on any atom is 0.239 e. The fourth-order valence-electron chi connectivity index (χ4n) is 2.89. The lowest BCUT2D eigenvalue weighted by Crippen LogP contribution is -2.38. The average Bonchev–Trinajstić information content (AvgIpc) is 2.66. The normalized spacial score (nSPS) is 16.5. The Kier molecular flexibility index (Phi) is 5.45. The fourth-order valence-corrected chi connectivity index (χ4v) is 2.89. The van der Waals surface area contributed by atoms with E-state index in [1.165, 1.54) is 36.8 Å². The molecule has 1 saturated carbocycles. The number of rotatable bonds is 4. The molecule has 0 heterocycles. The summed E-state index contributed by atoms with van der Waals surface area (Å²) in [4.78, 5) is 12.0. The first-order chi connectivity index (χ1) is 9.65. The summed E-state index contributed by atoms with van der Waals surface area (Å²) >= 11 is 0. The van der Waals surface area contributed by atoms with Gasteiger partial charge in [0.25, 0.3) is 0 Å². The molecule has 1 aliphatic rings. The van der Waals surface area contributed by atoms with E-state index in [2.05, 4.69) is 36.6 Å². The third-order valence-electron chi connectivity index (χ3n) is 4.04. The van der Waals surface area contributed by atoms with Crippen LogP contribution in [0.25, 0.3) is 0 Å². The topological polar surface area (TPSA) is 41.1 Å². The number of amides is 1. The van der Waals surface area contributed by atoms with Gasteiger partial charge in [-0.25, -0.2) is 0 Å². The minimum atomic E-state index is 0.108. The summed E-state index contributed by atoms with van der Waals surface area (Å²) in [5.74, 6) is 0.108. The Morgan fingerprint density at radius 3 is 2.50 bits per heavy atom. The molecule has 0 saturated heterocycles. The van der Waals surface area contributed by atoms with Crippen LogP contribution in [0.1, 0.15) is 49.7 Å². The Morgan fingerprint density at radius 1 is 1.15 bits per heavy atom. The van der Waals surface area contributed by atoms with Crippen molar-refractivity contribution < 1.29 is 4.79 Å². The largest absolute Gasteiger partial charge is 0.376 e. The van der Waals surface area contributed by atoms with E-state index in [1.807, 2.05) is 6.07 Å². The van der Waals surface area contributed by atoms with Gasteiger partial charge in [-0.1, -0.05) is 43.4 Å². The highest BCUT2D eigenvalue weighted by Gasteiger charge is 2.14. The van der Waals surface area contributed by atoms with Gasteiger partial charge in [0.1, 0.15) is 0 Å². The van der Waals surface area contributed by atoms with E-state index in [0.717, 1.165) is 18.5 Å². The van der Waals surface area contributed by atoms with Crippen LogP contribution in [0.4, 0.5) is 5.69 Å². The van der Waals surface area contributed by atoms with Gasteiger partial charge >= 0.3 is 0 Å². The van der Waals surface area contributed by atoms with Crippen LogP contribution < -0.4 is 10.6 Å². The zero-order valence-corrected chi connectivity index (χ0v) is 12.7. The summed E-state index contributed by atoms with van der Waals surface area (Å²) in [6.45, 7) is 4.51. The number of benzene rings is 1. The summed E-state index contributed by atoms with van der Waals surface area (Å²) in [7, 11) is 0. The summed E-state index contributed by atoms with van der Waals surface area (Å²) in [6.07, 6.45) is 7.38. The van der Waals surface area contributed by atoms with Crippen molar-refractivity contribution in [3.8, 4) is 0 Å². The van der Waals surface area contributed by atoms with Crippen LogP contribution in [0.5, 0.6) is 0 Å². The number of carbonyl (C=O) groups excluding carboxylic acids is 1. The molecule has 0 atom stereocenters. The van der Waals surface area contributed by atoms with Gasteiger partial charge in [0.05, 0.1) is 6.54 Å². The smallest absolute Gasteiger partial charge is 0.239 e. The standard InChI is InChI=1S/C17H26N2O/c1-13-9-10-16(14(2)11-13)18-12-17(20)19-15-7-5-3-4-6-8-15/h9-11,15,18H,3-8,12H2,1-2H3,(H,19,20). The Hall–Kier alpha value is -1.51. The molecule has 0 radical (unpaired) electrons. The summed E-state index contributed by atoms with van der Waals surface area (Å²) in [5, 5.41) is 6.39. The molecule has 2 N–H and O–H groups in total. The molecule has 2 rings (SSSR count). The molecular formula is C17H26N2O. The molecule has 0 bridgehead atoms. The number of hydrogen-bond donors (Lipinski definition) is 2.